The summed E-state index contributed by atoms with van der Waals surface area (Å²) in [7, 11) is 1.37. The molecule has 174 valence electrons. The number of benzene rings is 2. The van der Waals surface area contributed by atoms with Crippen molar-refractivity contribution in [3.8, 4) is 5.75 Å². The van der Waals surface area contributed by atoms with Gasteiger partial charge in [0.25, 0.3) is 11.7 Å². The average molecular weight is 501 g/mol. The summed E-state index contributed by atoms with van der Waals surface area (Å²) in [4.78, 5) is 31.6. The van der Waals surface area contributed by atoms with Crippen molar-refractivity contribution >= 4 is 40.7 Å². The van der Waals surface area contributed by atoms with E-state index in [1.165, 1.54) is 48.7 Å². The van der Waals surface area contributed by atoms with E-state index in [2.05, 4.69) is 4.98 Å². The Labute approximate surface area is 205 Å². The van der Waals surface area contributed by atoms with Crippen molar-refractivity contribution in [2.24, 2.45) is 0 Å². The number of pyridine rings is 1. The fraction of sp³-hybridized carbons (Fsp3) is 0.160. The van der Waals surface area contributed by atoms with Crippen LogP contribution in [0.15, 0.2) is 66.5 Å². The first-order valence-electron chi connectivity index (χ1n) is 10.3. The van der Waals surface area contributed by atoms with Gasteiger partial charge in [0.1, 0.15) is 17.3 Å². The van der Waals surface area contributed by atoms with Crippen molar-refractivity contribution < 1.29 is 23.8 Å². The third kappa shape index (κ3) is 4.49. The highest BCUT2D eigenvalue weighted by Crippen LogP contribution is 2.43. The van der Waals surface area contributed by atoms with Gasteiger partial charge in [0.05, 0.1) is 29.3 Å². The predicted molar refractivity (Wildman–Crippen MR) is 126 cm³/mol. The number of carbonyl (C=O) groups excluding carboxylic acids is 2. The Hall–Kier alpha value is -3.42. The first kappa shape index (κ1) is 23.7. The maximum absolute atomic E-state index is 13.3. The maximum atomic E-state index is 13.3. The number of hydrogen-bond donors (Lipinski definition) is 1. The van der Waals surface area contributed by atoms with Crippen molar-refractivity contribution in [1.82, 2.24) is 9.88 Å². The van der Waals surface area contributed by atoms with Crippen LogP contribution in [0.4, 0.5) is 4.39 Å². The fourth-order valence-electron chi connectivity index (χ4n) is 3.99. The van der Waals surface area contributed by atoms with Crippen molar-refractivity contribution in [2.45, 2.75) is 12.5 Å². The van der Waals surface area contributed by atoms with E-state index in [0.717, 1.165) is 5.56 Å². The molecule has 2 heterocycles. The number of aromatic nitrogens is 1. The van der Waals surface area contributed by atoms with Crippen molar-refractivity contribution in [3.63, 3.8) is 0 Å². The fourth-order valence-corrected chi connectivity index (χ4v) is 4.56. The molecule has 1 fully saturated rings. The van der Waals surface area contributed by atoms with E-state index >= 15 is 0 Å². The van der Waals surface area contributed by atoms with Gasteiger partial charge < -0.3 is 14.7 Å². The van der Waals surface area contributed by atoms with Gasteiger partial charge in [-0.05, 0) is 53.9 Å². The Balaban J connectivity index is 1.82. The van der Waals surface area contributed by atoms with Gasteiger partial charge in [0.2, 0.25) is 0 Å². The molecule has 1 aliphatic heterocycles. The summed E-state index contributed by atoms with van der Waals surface area (Å²) in [6.07, 6.45) is 3.44. The van der Waals surface area contributed by atoms with Crippen LogP contribution < -0.4 is 4.74 Å². The molecule has 1 atom stereocenters. The van der Waals surface area contributed by atoms with Crippen LogP contribution >= 0.6 is 23.2 Å². The number of rotatable bonds is 6. The van der Waals surface area contributed by atoms with Crippen LogP contribution in [0.5, 0.6) is 5.75 Å². The number of nitrogens with zero attached hydrogens (tertiary/aromatic N) is 2. The summed E-state index contributed by atoms with van der Waals surface area (Å²) in [6, 6.07) is 11.2. The van der Waals surface area contributed by atoms with Crippen LogP contribution in [0.25, 0.3) is 5.76 Å². The summed E-state index contributed by atoms with van der Waals surface area (Å²) >= 11 is 12.4. The number of halogens is 3. The standard InChI is InChI=1S/C25H19Cl2FN2O4/c1-34-24-18(12-16(26)13-19(24)27)22(31)20-21(15-6-9-29-10-7-15)30(25(33)23(20)32)11-8-14-2-4-17(28)5-3-14/h2-7,9-10,12-13,21,31H,8,11H2,1H3/b22-20+. The normalized spacial score (nSPS) is 17.3. The Bertz CT molecular complexity index is 1280. The van der Waals surface area contributed by atoms with Gasteiger partial charge in [-0.15, -0.1) is 0 Å². The van der Waals surface area contributed by atoms with Crippen LogP contribution in [0.1, 0.15) is 22.7 Å². The topological polar surface area (TPSA) is 79.7 Å². The Morgan fingerprint density at radius 3 is 2.44 bits per heavy atom. The monoisotopic (exact) mass is 500 g/mol. The van der Waals surface area contributed by atoms with Crippen LogP contribution in [0, 0.1) is 5.82 Å². The first-order chi connectivity index (χ1) is 16.3. The van der Waals surface area contributed by atoms with E-state index < -0.39 is 23.5 Å². The maximum Gasteiger partial charge on any atom is 0.295 e. The Morgan fingerprint density at radius 1 is 1.12 bits per heavy atom. The zero-order valence-corrected chi connectivity index (χ0v) is 19.5. The van der Waals surface area contributed by atoms with E-state index in [4.69, 9.17) is 27.9 Å². The second kappa shape index (κ2) is 9.83. The van der Waals surface area contributed by atoms with Gasteiger partial charge in [-0.25, -0.2) is 4.39 Å². The number of methoxy groups -OCH3 is 1. The van der Waals surface area contributed by atoms with E-state index in [-0.39, 0.29) is 39.3 Å². The van der Waals surface area contributed by atoms with E-state index in [9.17, 15) is 19.1 Å². The summed E-state index contributed by atoms with van der Waals surface area (Å²) in [6.45, 7) is 0.160. The minimum Gasteiger partial charge on any atom is -0.507 e. The third-order valence-corrected chi connectivity index (χ3v) is 6.08. The Kier molecular flexibility index (Phi) is 6.86. The van der Waals surface area contributed by atoms with Crippen LogP contribution in [-0.2, 0) is 16.0 Å². The quantitative estimate of drug-likeness (QED) is 0.285. The summed E-state index contributed by atoms with van der Waals surface area (Å²) < 4.78 is 18.6. The molecular weight excluding hydrogens is 482 g/mol. The summed E-state index contributed by atoms with van der Waals surface area (Å²) in [5.41, 5.74) is 1.35. The number of aliphatic hydroxyl groups excluding tert-OH is 1. The molecule has 0 spiro atoms. The van der Waals surface area contributed by atoms with Gasteiger partial charge in [-0.2, -0.15) is 0 Å². The van der Waals surface area contributed by atoms with Crippen LogP contribution in [0.2, 0.25) is 10.0 Å². The van der Waals surface area contributed by atoms with Gasteiger partial charge in [-0.1, -0.05) is 35.3 Å². The van der Waals surface area contributed by atoms with Crippen LogP contribution in [0.3, 0.4) is 0 Å². The van der Waals surface area contributed by atoms with Gasteiger partial charge in [-0.3, -0.25) is 14.6 Å². The molecule has 2 aromatic carbocycles. The lowest BCUT2D eigenvalue weighted by Crippen LogP contribution is -2.31. The minimum absolute atomic E-state index is 0.0931. The largest absolute Gasteiger partial charge is 0.507 e. The lowest BCUT2D eigenvalue weighted by atomic mass is 9.95. The highest BCUT2D eigenvalue weighted by atomic mass is 35.5. The lowest BCUT2D eigenvalue weighted by molar-refractivity contribution is -0.139. The number of amides is 1. The molecule has 6 nitrogen and oxygen atoms in total. The van der Waals surface area contributed by atoms with Gasteiger partial charge >= 0.3 is 0 Å². The number of hydrogen-bond acceptors (Lipinski definition) is 5. The summed E-state index contributed by atoms with van der Waals surface area (Å²) in [5, 5.41) is 11.6. The van der Waals surface area contributed by atoms with Crippen molar-refractivity contribution in [1.29, 1.82) is 0 Å². The molecule has 3 aromatic rings. The van der Waals surface area contributed by atoms with Gasteiger partial charge in [0, 0.05) is 24.0 Å². The molecule has 4 rings (SSSR count). The average Bonchev–Trinajstić information content (AvgIpc) is 3.08. The summed E-state index contributed by atoms with van der Waals surface area (Å²) in [5.74, 6) is -2.32. The molecule has 1 aromatic heterocycles. The molecule has 9 heteroatoms. The lowest BCUT2D eigenvalue weighted by Gasteiger charge is -2.25. The molecule has 1 saturated heterocycles. The molecule has 0 bridgehead atoms. The van der Waals surface area contributed by atoms with Crippen LogP contribution in [-0.4, -0.2) is 40.3 Å². The zero-order chi connectivity index (χ0) is 24.4. The van der Waals surface area contributed by atoms with E-state index in [0.29, 0.717) is 12.0 Å². The number of likely N-dealkylation sites (tertiary alicyclic amines) is 1. The minimum atomic E-state index is -0.883. The molecule has 34 heavy (non-hydrogen) atoms. The van der Waals surface area contributed by atoms with E-state index in [1.807, 2.05) is 0 Å². The number of ketones is 1. The first-order valence-corrected chi connectivity index (χ1v) is 11.0. The second-order valence-corrected chi connectivity index (χ2v) is 8.46. The Morgan fingerprint density at radius 2 is 1.79 bits per heavy atom. The zero-order valence-electron chi connectivity index (χ0n) is 18.0. The number of aliphatic hydroxyl groups is 1. The predicted octanol–water partition coefficient (Wildman–Crippen LogP) is 5.20. The number of ether oxygens (including phenoxy) is 1. The molecule has 1 amide bonds. The smallest absolute Gasteiger partial charge is 0.295 e. The third-order valence-electron chi connectivity index (χ3n) is 5.58. The molecule has 1 N–H and O–H groups in total. The van der Waals surface area contributed by atoms with Gasteiger partial charge in [0.15, 0.2) is 0 Å². The molecule has 0 aliphatic carbocycles. The molecule has 0 saturated carbocycles. The molecular formula is C25H19Cl2FN2O4. The van der Waals surface area contributed by atoms with Crippen molar-refractivity contribution in [2.75, 3.05) is 13.7 Å². The number of Topliss-reactive ketones (excluding diaryl/α,β-unsaturated/α-hetero) is 1. The van der Waals surface area contributed by atoms with Crippen molar-refractivity contribution in [3.05, 3.63) is 99.1 Å². The molecule has 1 aliphatic rings. The number of carbonyl (C=O) groups is 2. The second-order valence-electron chi connectivity index (χ2n) is 7.62. The van der Waals surface area contributed by atoms with E-state index in [1.54, 1.807) is 24.3 Å². The molecule has 1 unspecified atom stereocenters. The highest BCUT2D eigenvalue weighted by Gasteiger charge is 2.46. The highest BCUT2D eigenvalue weighted by molar-refractivity contribution is 6.46. The SMILES string of the molecule is COc1c(Cl)cc(Cl)cc1/C(O)=C1\C(=O)C(=O)N(CCc2ccc(F)cc2)C1c1ccncc1. The molecule has 0 radical (unpaired) electrons.